The first-order valence-electron chi connectivity index (χ1n) is 12.1. The third-order valence-corrected chi connectivity index (χ3v) is 6.66. The molecule has 2 aromatic heterocycles. The van der Waals surface area contributed by atoms with E-state index in [1.165, 1.54) is 30.2 Å². The average Bonchev–Trinajstić information content (AvgIpc) is 2.90. The summed E-state index contributed by atoms with van der Waals surface area (Å²) in [5.41, 5.74) is -2.72. The molecule has 1 aliphatic heterocycles. The number of likely N-dealkylation sites (tertiary alicyclic amines) is 1. The van der Waals surface area contributed by atoms with Gasteiger partial charge in [-0.2, -0.15) is 13.2 Å². The molecule has 0 aliphatic carbocycles. The second-order valence-electron chi connectivity index (χ2n) is 9.44. The van der Waals surface area contributed by atoms with Gasteiger partial charge in [-0.25, -0.2) is 22.5 Å². The van der Waals surface area contributed by atoms with E-state index in [9.17, 15) is 45.4 Å². The number of ether oxygens (including phenoxy) is 1. The molecule has 0 spiro atoms. The number of carbonyl (C=O) groups excluding carboxylic acids is 1. The number of aromatic nitrogens is 2. The highest BCUT2D eigenvalue weighted by Crippen LogP contribution is 2.41. The van der Waals surface area contributed by atoms with E-state index in [0.717, 1.165) is 18.3 Å². The molecule has 1 fully saturated rings. The topological polar surface area (TPSA) is 108 Å². The van der Waals surface area contributed by atoms with Crippen molar-refractivity contribution >= 4 is 11.7 Å². The summed E-state index contributed by atoms with van der Waals surface area (Å²) in [4.78, 5) is 32.1. The van der Waals surface area contributed by atoms with E-state index < -0.39 is 71.8 Å². The van der Waals surface area contributed by atoms with Crippen LogP contribution in [0.15, 0.2) is 53.6 Å². The molecule has 1 saturated heterocycles. The Morgan fingerprint density at radius 2 is 1.95 bits per heavy atom. The van der Waals surface area contributed by atoms with Gasteiger partial charge in [0.2, 0.25) is 5.91 Å². The van der Waals surface area contributed by atoms with Crippen molar-refractivity contribution in [1.29, 1.82) is 0 Å². The number of halogens is 7. The Bertz CT molecular complexity index is 1460. The number of rotatable bonds is 7. The zero-order chi connectivity index (χ0) is 30.1. The van der Waals surface area contributed by atoms with Gasteiger partial charge in [-0.05, 0) is 42.8 Å². The molecule has 3 atom stereocenters. The summed E-state index contributed by atoms with van der Waals surface area (Å²) in [6.07, 6.45) is -7.04. The highest BCUT2D eigenvalue weighted by atomic mass is 19.4. The number of H-pyrrole nitrogens is 1. The van der Waals surface area contributed by atoms with Crippen LogP contribution < -0.4 is 15.6 Å². The number of nitrogens with one attached hydrogen (secondary N) is 2. The van der Waals surface area contributed by atoms with E-state index in [2.05, 4.69) is 10.3 Å². The molecule has 3 unspecified atom stereocenters. The number of pyridine rings is 2. The second-order valence-corrected chi connectivity index (χ2v) is 9.44. The van der Waals surface area contributed by atoms with Crippen LogP contribution in [0.5, 0.6) is 11.5 Å². The van der Waals surface area contributed by atoms with E-state index in [1.807, 2.05) is 4.98 Å². The SMILES string of the molecule is CC(C(=O)Nc1ccc(Oc2ccc(F)cc2F)cn1)N1CCC(F)(F)C(c2c[nH]c(=O)c(C(O)C(F)(F)F)c2)C1. The van der Waals surface area contributed by atoms with Crippen LogP contribution in [-0.4, -0.2) is 57.1 Å². The fourth-order valence-corrected chi connectivity index (χ4v) is 4.32. The first kappa shape index (κ1) is 30.0. The van der Waals surface area contributed by atoms with E-state index in [1.54, 1.807) is 0 Å². The normalized spacial score (nSPS) is 18.9. The Hall–Kier alpha value is -3.98. The number of alkyl halides is 5. The molecule has 3 aromatic rings. The zero-order valence-corrected chi connectivity index (χ0v) is 21.2. The van der Waals surface area contributed by atoms with Gasteiger partial charge in [-0.15, -0.1) is 0 Å². The third-order valence-electron chi connectivity index (χ3n) is 6.66. The number of amides is 1. The van der Waals surface area contributed by atoms with Gasteiger partial charge in [0.1, 0.15) is 17.4 Å². The van der Waals surface area contributed by atoms with E-state index >= 15 is 0 Å². The second kappa shape index (κ2) is 11.5. The predicted molar refractivity (Wildman–Crippen MR) is 131 cm³/mol. The number of carbonyl (C=O) groups is 1. The number of piperidine rings is 1. The number of anilines is 1. The number of nitrogens with zero attached hydrogens (tertiary/aromatic N) is 2. The van der Waals surface area contributed by atoms with Crippen LogP contribution in [0.25, 0.3) is 0 Å². The van der Waals surface area contributed by atoms with Crippen LogP contribution in [0.1, 0.15) is 36.5 Å². The van der Waals surface area contributed by atoms with Crippen molar-refractivity contribution < 1.29 is 45.4 Å². The highest BCUT2D eigenvalue weighted by Gasteiger charge is 2.47. The number of benzene rings is 1. The number of hydrogen-bond acceptors (Lipinski definition) is 6. The van der Waals surface area contributed by atoms with Crippen molar-refractivity contribution in [2.24, 2.45) is 0 Å². The first-order chi connectivity index (χ1) is 19.2. The maximum absolute atomic E-state index is 14.9. The van der Waals surface area contributed by atoms with Gasteiger partial charge in [-0.3, -0.25) is 14.5 Å². The molecule has 1 aliphatic rings. The Morgan fingerprint density at radius 1 is 1.22 bits per heavy atom. The highest BCUT2D eigenvalue weighted by molar-refractivity contribution is 5.93. The quantitative estimate of drug-likeness (QED) is 0.340. The Morgan fingerprint density at radius 3 is 2.59 bits per heavy atom. The molecular weight excluding hydrogens is 565 g/mol. The molecular formula is C26H23F7N4O4. The molecule has 1 amide bonds. The number of aromatic amines is 1. The maximum atomic E-state index is 14.9. The average molecular weight is 588 g/mol. The molecule has 41 heavy (non-hydrogen) atoms. The molecule has 0 saturated carbocycles. The summed E-state index contributed by atoms with van der Waals surface area (Å²) in [5, 5.41) is 12.0. The lowest BCUT2D eigenvalue weighted by molar-refractivity contribution is -0.207. The van der Waals surface area contributed by atoms with Gasteiger partial charge in [0.15, 0.2) is 17.7 Å². The van der Waals surface area contributed by atoms with Gasteiger partial charge in [0.05, 0.1) is 23.7 Å². The summed E-state index contributed by atoms with van der Waals surface area (Å²) in [5.74, 6) is -7.54. The van der Waals surface area contributed by atoms with Gasteiger partial charge in [0, 0.05) is 31.8 Å². The van der Waals surface area contributed by atoms with Crippen molar-refractivity contribution in [3.63, 3.8) is 0 Å². The van der Waals surface area contributed by atoms with Crippen molar-refractivity contribution in [3.05, 3.63) is 81.9 Å². The van der Waals surface area contributed by atoms with Gasteiger partial charge >= 0.3 is 6.18 Å². The summed E-state index contributed by atoms with van der Waals surface area (Å²) < 4.78 is 101. The van der Waals surface area contributed by atoms with Gasteiger partial charge in [0.25, 0.3) is 11.5 Å². The molecule has 0 radical (unpaired) electrons. The van der Waals surface area contributed by atoms with E-state index in [-0.39, 0.29) is 29.4 Å². The van der Waals surface area contributed by atoms with Crippen LogP contribution in [0.4, 0.5) is 36.6 Å². The molecule has 8 nitrogen and oxygen atoms in total. The van der Waals surface area contributed by atoms with E-state index in [0.29, 0.717) is 12.1 Å². The summed E-state index contributed by atoms with van der Waals surface area (Å²) in [6.45, 7) is 0.776. The molecule has 1 aromatic carbocycles. The standard InChI is InChI=1S/C26H23F7N4O4/c1-13(23(39)36-21-5-3-16(11-34-21)41-20-4-2-15(27)9-19(20)28)37-7-6-25(29,30)18(12-37)14-8-17(24(40)35-10-14)22(38)26(31,32)33/h2-5,8-11,13,18,22,38H,6-7,12H2,1H3,(H,35,40)(H,34,36,39). The molecule has 15 heteroatoms. The van der Waals surface area contributed by atoms with Gasteiger partial charge < -0.3 is 20.1 Å². The van der Waals surface area contributed by atoms with E-state index in [4.69, 9.17) is 4.74 Å². The third kappa shape index (κ3) is 6.85. The zero-order valence-electron chi connectivity index (χ0n) is 21.2. The number of aliphatic hydroxyl groups is 1. The van der Waals surface area contributed by atoms with Gasteiger partial charge in [-0.1, -0.05) is 0 Å². The monoisotopic (exact) mass is 588 g/mol. The van der Waals surface area contributed by atoms with Crippen molar-refractivity contribution in [3.8, 4) is 11.5 Å². The van der Waals surface area contributed by atoms with Crippen LogP contribution in [0.2, 0.25) is 0 Å². The molecule has 3 heterocycles. The van der Waals surface area contributed by atoms with Crippen molar-refractivity contribution in [1.82, 2.24) is 14.9 Å². The summed E-state index contributed by atoms with van der Waals surface area (Å²) in [6, 6.07) is 5.05. The fraction of sp³-hybridized carbons (Fsp3) is 0.346. The van der Waals surface area contributed by atoms with Crippen LogP contribution in [-0.2, 0) is 4.79 Å². The minimum absolute atomic E-state index is 0.0547. The predicted octanol–water partition coefficient (Wildman–Crippen LogP) is 4.89. The smallest absolute Gasteiger partial charge is 0.418 e. The molecule has 220 valence electrons. The summed E-state index contributed by atoms with van der Waals surface area (Å²) in [7, 11) is 0. The minimum atomic E-state index is -5.19. The van der Waals surface area contributed by atoms with Crippen molar-refractivity contribution in [2.45, 2.75) is 43.5 Å². The molecule has 3 N–H and O–H groups in total. The number of hydrogen-bond donors (Lipinski definition) is 3. The lowest BCUT2D eigenvalue weighted by Gasteiger charge is -2.40. The lowest BCUT2D eigenvalue weighted by Crippen LogP contribution is -2.52. The van der Waals surface area contributed by atoms with Crippen LogP contribution in [0, 0.1) is 11.6 Å². The Kier molecular flexibility index (Phi) is 8.40. The minimum Gasteiger partial charge on any atom is -0.453 e. The number of aliphatic hydroxyl groups excluding tert-OH is 1. The summed E-state index contributed by atoms with van der Waals surface area (Å²) >= 11 is 0. The Labute approximate surface area is 227 Å². The largest absolute Gasteiger partial charge is 0.453 e. The molecule has 0 bridgehead atoms. The first-order valence-corrected chi connectivity index (χ1v) is 12.1. The Balaban J connectivity index is 1.45. The van der Waals surface area contributed by atoms with Crippen molar-refractivity contribution in [2.75, 3.05) is 18.4 Å². The molecule has 4 rings (SSSR count). The van der Waals surface area contributed by atoms with Crippen LogP contribution >= 0.6 is 0 Å². The lowest BCUT2D eigenvalue weighted by atomic mass is 9.86. The maximum Gasteiger partial charge on any atom is 0.418 e. The fourth-order valence-electron chi connectivity index (χ4n) is 4.32. The van der Waals surface area contributed by atoms with Crippen LogP contribution in [0.3, 0.4) is 0 Å².